The first kappa shape index (κ1) is 14.9. The third-order valence-electron chi connectivity index (χ3n) is 4.07. The first-order valence-electron chi connectivity index (χ1n) is 7.80. The Labute approximate surface area is 131 Å². The summed E-state index contributed by atoms with van der Waals surface area (Å²) < 4.78 is 10.8. The van der Waals surface area contributed by atoms with Crippen LogP contribution in [0.15, 0.2) is 12.1 Å². The zero-order valence-corrected chi connectivity index (χ0v) is 13.3. The second kappa shape index (κ2) is 6.86. The van der Waals surface area contributed by atoms with Crippen LogP contribution in [-0.2, 0) is 6.54 Å². The fraction of sp³-hybridized carbons (Fsp3) is 0.625. The molecule has 5 heteroatoms. The molecule has 3 rings (SSSR count). The molecule has 0 spiro atoms. The van der Waals surface area contributed by atoms with Crippen molar-refractivity contribution in [1.82, 2.24) is 10.2 Å². The van der Waals surface area contributed by atoms with Crippen molar-refractivity contribution >= 4 is 11.6 Å². The number of hydrogen-bond donors (Lipinski definition) is 1. The average molecular weight is 311 g/mol. The van der Waals surface area contributed by atoms with E-state index in [-0.39, 0.29) is 6.79 Å². The van der Waals surface area contributed by atoms with Crippen LogP contribution in [0.25, 0.3) is 0 Å². The molecule has 4 nitrogen and oxygen atoms in total. The predicted molar refractivity (Wildman–Crippen MR) is 84.2 cm³/mol. The Balaban J connectivity index is 1.68. The Morgan fingerprint density at radius 3 is 3.05 bits per heavy atom. The molecule has 1 aromatic rings. The van der Waals surface area contributed by atoms with Crippen molar-refractivity contribution in [1.29, 1.82) is 0 Å². The van der Waals surface area contributed by atoms with Crippen molar-refractivity contribution in [3.05, 3.63) is 22.7 Å². The Bertz CT molecular complexity index is 489. The molecule has 1 fully saturated rings. The molecule has 1 N–H and O–H groups in total. The maximum atomic E-state index is 6.27. The van der Waals surface area contributed by atoms with E-state index in [0.717, 1.165) is 38.3 Å². The quantitative estimate of drug-likeness (QED) is 0.875. The van der Waals surface area contributed by atoms with Gasteiger partial charge in [-0.25, -0.2) is 0 Å². The summed E-state index contributed by atoms with van der Waals surface area (Å²) >= 11 is 6.27. The molecule has 21 heavy (non-hydrogen) atoms. The molecule has 116 valence electrons. The van der Waals surface area contributed by atoms with Crippen molar-refractivity contribution in [3.8, 4) is 11.5 Å². The fourth-order valence-corrected chi connectivity index (χ4v) is 3.43. The van der Waals surface area contributed by atoms with Crippen molar-refractivity contribution in [3.63, 3.8) is 0 Å². The Morgan fingerprint density at radius 1 is 1.38 bits per heavy atom. The Kier molecular flexibility index (Phi) is 4.88. The topological polar surface area (TPSA) is 33.7 Å². The van der Waals surface area contributed by atoms with E-state index < -0.39 is 0 Å². The van der Waals surface area contributed by atoms with E-state index in [1.165, 1.54) is 18.4 Å². The Morgan fingerprint density at radius 2 is 2.29 bits per heavy atom. The number of hydrogen-bond acceptors (Lipinski definition) is 4. The van der Waals surface area contributed by atoms with Crippen LogP contribution in [-0.4, -0.2) is 37.4 Å². The van der Waals surface area contributed by atoms with Crippen molar-refractivity contribution in [2.75, 3.05) is 26.4 Å². The summed E-state index contributed by atoms with van der Waals surface area (Å²) in [7, 11) is 0. The summed E-state index contributed by atoms with van der Waals surface area (Å²) in [6.45, 7) is 6.75. The van der Waals surface area contributed by atoms with Gasteiger partial charge in [0.1, 0.15) is 0 Å². The summed E-state index contributed by atoms with van der Waals surface area (Å²) in [5, 5.41) is 4.22. The normalized spacial score (nSPS) is 20.4. The van der Waals surface area contributed by atoms with E-state index >= 15 is 0 Å². The van der Waals surface area contributed by atoms with Gasteiger partial charge in [0.15, 0.2) is 11.5 Å². The number of nitrogens with one attached hydrogen (secondary N) is 1. The van der Waals surface area contributed by atoms with Crippen LogP contribution in [0.5, 0.6) is 11.5 Å². The second-order valence-corrected chi connectivity index (χ2v) is 6.25. The smallest absolute Gasteiger partial charge is 0.231 e. The fourth-order valence-electron chi connectivity index (χ4n) is 3.15. The highest BCUT2D eigenvalue weighted by atomic mass is 35.5. The molecule has 1 unspecified atom stereocenters. The molecule has 0 saturated carbocycles. The lowest BCUT2D eigenvalue weighted by Crippen LogP contribution is -2.37. The van der Waals surface area contributed by atoms with Gasteiger partial charge in [-0.05, 0) is 50.0 Å². The number of ether oxygens (including phenoxy) is 2. The van der Waals surface area contributed by atoms with Gasteiger partial charge in [0.05, 0.1) is 5.02 Å². The minimum Gasteiger partial charge on any atom is -0.454 e. The molecule has 0 radical (unpaired) electrons. The maximum absolute atomic E-state index is 6.27. The largest absolute Gasteiger partial charge is 0.454 e. The van der Waals surface area contributed by atoms with Gasteiger partial charge in [-0.3, -0.25) is 4.90 Å². The van der Waals surface area contributed by atoms with E-state index in [1.807, 2.05) is 6.07 Å². The van der Waals surface area contributed by atoms with Crippen molar-refractivity contribution < 1.29 is 9.47 Å². The van der Waals surface area contributed by atoms with Crippen LogP contribution in [0.1, 0.15) is 31.7 Å². The Hall–Kier alpha value is -0.970. The summed E-state index contributed by atoms with van der Waals surface area (Å²) in [5.74, 6) is 1.45. The third-order valence-corrected chi connectivity index (χ3v) is 4.35. The lowest BCUT2D eigenvalue weighted by atomic mass is 10.1. The van der Waals surface area contributed by atoms with Gasteiger partial charge < -0.3 is 14.8 Å². The highest BCUT2D eigenvalue weighted by Crippen LogP contribution is 2.40. The molecule has 0 amide bonds. The number of fused-ring (bicyclic) bond motifs is 1. The zero-order chi connectivity index (χ0) is 14.7. The SMILES string of the molecule is CCCN(Cc1cc(Cl)c2c(c1)OCO2)CC1CCCN1. The van der Waals surface area contributed by atoms with Gasteiger partial charge in [0.2, 0.25) is 6.79 Å². The molecule has 2 aliphatic heterocycles. The lowest BCUT2D eigenvalue weighted by Gasteiger charge is -2.25. The van der Waals surface area contributed by atoms with E-state index in [0.29, 0.717) is 16.8 Å². The van der Waals surface area contributed by atoms with Crippen LogP contribution in [0.4, 0.5) is 0 Å². The first-order chi connectivity index (χ1) is 10.3. The van der Waals surface area contributed by atoms with Crippen LogP contribution < -0.4 is 14.8 Å². The van der Waals surface area contributed by atoms with Crippen LogP contribution in [0.3, 0.4) is 0 Å². The monoisotopic (exact) mass is 310 g/mol. The number of rotatable bonds is 6. The van der Waals surface area contributed by atoms with Gasteiger partial charge in [-0.2, -0.15) is 0 Å². The van der Waals surface area contributed by atoms with Crippen LogP contribution in [0, 0.1) is 0 Å². The molecule has 1 aromatic carbocycles. The summed E-state index contributed by atoms with van der Waals surface area (Å²) in [4.78, 5) is 2.50. The van der Waals surface area contributed by atoms with Gasteiger partial charge >= 0.3 is 0 Å². The summed E-state index contributed by atoms with van der Waals surface area (Å²) in [5.41, 5.74) is 1.19. The minimum absolute atomic E-state index is 0.267. The molecule has 1 saturated heterocycles. The van der Waals surface area contributed by atoms with Gasteiger partial charge in [0, 0.05) is 19.1 Å². The van der Waals surface area contributed by atoms with Gasteiger partial charge in [-0.15, -0.1) is 0 Å². The van der Waals surface area contributed by atoms with Crippen LogP contribution in [0.2, 0.25) is 5.02 Å². The molecule has 2 aliphatic rings. The average Bonchev–Trinajstić information content (AvgIpc) is 3.10. The van der Waals surface area contributed by atoms with E-state index in [9.17, 15) is 0 Å². The van der Waals surface area contributed by atoms with Crippen molar-refractivity contribution in [2.45, 2.75) is 38.8 Å². The maximum Gasteiger partial charge on any atom is 0.231 e. The number of benzene rings is 1. The van der Waals surface area contributed by atoms with Gasteiger partial charge in [0.25, 0.3) is 0 Å². The molecule has 1 atom stereocenters. The van der Waals surface area contributed by atoms with Crippen LogP contribution >= 0.6 is 11.6 Å². The zero-order valence-electron chi connectivity index (χ0n) is 12.5. The highest BCUT2D eigenvalue weighted by Gasteiger charge is 2.21. The standard InChI is InChI=1S/C16H23ClN2O2/c1-2-6-19(10-13-4-3-5-18-13)9-12-7-14(17)16-15(8-12)20-11-21-16/h7-8,13,18H,2-6,9-11H2,1H3. The predicted octanol–water partition coefficient (Wildman–Crippen LogP) is 3.03. The molecule has 2 heterocycles. The number of halogens is 1. The van der Waals surface area contributed by atoms with E-state index in [4.69, 9.17) is 21.1 Å². The molecular formula is C16H23ClN2O2. The highest BCUT2D eigenvalue weighted by molar-refractivity contribution is 6.32. The number of nitrogens with zero attached hydrogens (tertiary/aromatic N) is 1. The van der Waals surface area contributed by atoms with Gasteiger partial charge in [-0.1, -0.05) is 18.5 Å². The molecular weight excluding hydrogens is 288 g/mol. The molecule has 0 bridgehead atoms. The minimum atomic E-state index is 0.267. The van der Waals surface area contributed by atoms with Crippen molar-refractivity contribution in [2.24, 2.45) is 0 Å². The third kappa shape index (κ3) is 3.62. The summed E-state index contributed by atoms with van der Waals surface area (Å²) in [6, 6.07) is 4.68. The molecule has 0 aliphatic carbocycles. The second-order valence-electron chi connectivity index (χ2n) is 5.84. The first-order valence-corrected chi connectivity index (χ1v) is 8.18. The van der Waals surface area contributed by atoms with E-state index in [1.54, 1.807) is 0 Å². The lowest BCUT2D eigenvalue weighted by molar-refractivity contribution is 0.174. The van der Waals surface area contributed by atoms with E-state index in [2.05, 4.69) is 23.2 Å². The molecule has 0 aromatic heterocycles. The summed E-state index contributed by atoms with van der Waals surface area (Å²) in [6.07, 6.45) is 3.73.